The van der Waals surface area contributed by atoms with Crippen LogP contribution in [0.3, 0.4) is 0 Å². The Bertz CT molecular complexity index is 1440. The van der Waals surface area contributed by atoms with E-state index in [2.05, 4.69) is 45.1 Å². The fourth-order valence-electron chi connectivity index (χ4n) is 5.85. The van der Waals surface area contributed by atoms with Gasteiger partial charge in [0.2, 0.25) is 0 Å². The minimum absolute atomic E-state index is 0.0447. The van der Waals surface area contributed by atoms with E-state index in [1.54, 1.807) is 6.07 Å². The van der Waals surface area contributed by atoms with Gasteiger partial charge in [0.15, 0.2) is 0 Å². The molecular weight excluding hydrogens is 490 g/mol. The van der Waals surface area contributed by atoms with Crippen LogP contribution >= 0.6 is 0 Å². The van der Waals surface area contributed by atoms with Crippen LogP contribution < -0.4 is 16.0 Å². The van der Waals surface area contributed by atoms with Gasteiger partial charge in [0.25, 0.3) is 11.6 Å². The maximum absolute atomic E-state index is 13.3. The normalized spacial score (nSPS) is 17.9. The van der Waals surface area contributed by atoms with E-state index >= 15 is 0 Å². The van der Waals surface area contributed by atoms with Gasteiger partial charge < -0.3 is 20.9 Å². The van der Waals surface area contributed by atoms with Crippen molar-refractivity contribution in [3.63, 3.8) is 0 Å². The van der Waals surface area contributed by atoms with E-state index in [1.807, 2.05) is 18.2 Å². The molecule has 1 fully saturated rings. The predicted molar refractivity (Wildman–Crippen MR) is 154 cm³/mol. The second kappa shape index (κ2) is 11.0. The van der Waals surface area contributed by atoms with E-state index in [0.29, 0.717) is 22.5 Å². The van der Waals surface area contributed by atoms with Gasteiger partial charge in [0.05, 0.1) is 16.2 Å². The van der Waals surface area contributed by atoms with Crippen LogP contribution in [-0.4, -0.2) is 41.9 Å². The first kappa shape index (κ1) is 25.3. The molecule has 8 heteroatoms. The lowest BCUT2D eigenvalue weighted by Gasteiger charge is -2.20. The molecule has 0 bridgehead atoms. The number of hydrogen-bond acceptors (Lipinski definition) is 6. The second-order valence-electron chi connectivity index (χ2n) is 10.6. The summed E-state index contributed by atoms with van der Waals surface area (Å²) in [5.74, 6) is -0.273. The Hall–Kier alpha value is -4.01. The highest BCUT2D eigenvalue weighted by molar-refractivity contribution is 6.37. The molecule has 3 aliphatic rings. The summed E-state index contributed by atoms with van der Waals surface area (Å²) in [6.07, 6.45) is 5.68. The Labute approximate surface area is 228 Å². The number of aryl methyl sites for hydroxylation is 1. The third-order valence-corrected chi connectivity index (χ3v) is 7.95. The summed E-state index contributed by atoms with van der Waals surface area (Å²) in [4.78, 5) is 26.9. The number of carbonyl (C=O) groups excluding carboxylic acids is 1. The number of nitrogens with one attached hydrogen (secondary N) is 3. The number of rotatable bonds is 8. The molecule has 3 aromatic rings. The number of amides is 1. The highest BCUT2D eigenvalue weighted by Crippen LogP contribution is 2.39. The molecule has 3 aromatic carbocycles. The molecule has 1 saturated heterocycles. The lowest BCUT2D eigenvalue weighted by molar-refractivity contribution is -0.384. The van der Waals surface area contributed by atoms with E-state index in [1.165, 1.54) is 54.8 Å². The van der Waals surface area contributed by atoms with Crippen LogP contribution in [0.2, 0.25) is 0 Å². The van der Waals surface area contributed by atoms with Crippen molar-refractivity contribution in [2.45, 2.75) is 38.6 Å². The van der Waals surface area contributed by atoms with Gasteiger partial charge >= 0.3 is 0 Å². The van der Waals surface area contributed by atoms with Gasteiger partial charge in [-0.2, -0.15) is 0 Å². The minimum atomic E-state index is -0.428. The van der Waals surface area contributed by atoms with E-state index in [0.717, 1.165) is 50.1 Å². The molecule has 39 heavy (non-hydrogen) atoms. The molecule has 0 radical (unpaired) electrons. The van der Waals surface area contributed by atoms with Crippen molar-refractivity contribution in [2.24, 2.45) is 0 Å². The third-order valence-electron chi connectivity index (χ3n) is 7.95. The average Bonchev–Trinajstić information content (AvgIpc) is 3.59. The van der Waals surface area contributed by atoms with Crippen molar-refractivity contribution in [1.29, 1.82) is 0 Å². The van der Waals surface area contributed by atoms with Gasteiger partial charge in [0.1, 0.15) is 0 Å². The molecule has 0 aliphatic carbocycles. The van der Waals surface area contributed by atoms with Crippen LogP contribution in [-0.2, 0) is 24.2 Å². The molecular formula is C31H33N5O3. The van der Waals surface area contributed by atoms with Crippen LogP contribution in [0, 0.1) is 10.1 Å². The summed E-state index contributed by atoms with van der Waals surface area (Å²) in [6.45, 7) is 5.33. The molecule has 8 nitrogen and oxygen atoms in total. The molecule has 1 amide bonds. The standard InChI is InChI=1S/C31H33N5O3/c37-31-29(27-19-26(36(38)39)11-12-28(27)34-31)30(33-25-10-9-24-20-32-14-13-23(24)18-25)22-7-5-21(6-8-22)4-3-17-35-15-1-2-16-35/h5-12,18-19,32-33H,1-4,13-17,20H2,(H,34,37)/b30-29-. The Kier molecular flexibility index (Phi) is 7.13. The molecule has 0 aromatic heterocycles. The zero-order valence-electron chi connectivity index (χ0n) is 22.0. The van der Waals surface area contributed by atoms with Gasteiger partial charge in [-0.15, -0.1) is 0 Å². The highest BCUT2D eigenvalue weighted by atomic mass is 16.6. The number of nitro benzene ring substituents is 1. The van der Waals surface area contributed by atoms with Gasteiger partial charge in [-0.1, -0.05) is 30.3 Å². The number of nitrogens with zero attached hydrogens (tertiary/aromatic N) is 2. The molecule has 6 rings (SSSR count). The van der Waals surface area contributed by atoms with Gasteiger partial charge in [-0.05, 0) is 98.7 Å². The molecule has 3 heterocycles. The van der Waals surface area contributed by atoms with Crippen molar-refractivity contribution < 1.29 is 9.72 Å². The number of nitro groups is 1. The smallest absolute Gasteiger partial charge is 0.270 e. The lowest BCUT2D eigenvalue weighted by Crippen LogP contribution is -2.23. The number of fused-ring (bicyclic) bond motifs is 2. The number of carbonyl (C=O) groups is 1. The maximum Gasteiger partial charge on any atom is 0.270 e. The zero-order valence-corrected chi connectivity index (χ0v) is 22.0. The van der Waals surface area contributed by atoms with Crippen LogP contribution in [0.5, 0.6) is 0 Å². The monoisotopic (exact) mass is 523 g/mol. The summed E-state index contributed by atoms with van der Waals surface area (Å²) in [5, 5.41) is 21.3. The Balaban J connectivity index is 1.35. The average molecular weight is 524 g/mol. The molecule has 0 spiro atoms. The molecule has 0 saturated carbocycles. The lowest BCUT2D eigenvalue weighted by atomic mass is 9.97. The first-order valence-electron chi connectivity index (χ1n) is 13.8. The van der Waals surface area contributed by atoms with Crippen molar-refractivity contribution in [2.75, 3.05) is 36.8 Å². The Morgan fingerprint density at radius 1 is 1.00 bits per heavy atom. The van der Waals surface area contributed by atoms with Gasteiger partial charge in [-0.25, -0.2) is 0 Å². The van der Waals surface area contributed by atoms with Crippen molar-refractivity contribution in [1.82, 2.24) is 10.2 Å². The number of benzene rings is 3. The molecule has 3 N–H and O–H groups in total. The predicted octanol–water partition coefficient (Wildman–Crippen LogP) is 5.20. The first-order chi connectivity index (χ1) is 19.0. The fraction of sp³-hybridized carbons (Fsp3) is 0.323. The van der Waals surface area contributed by atoms with Crippen molar-refractivity contribution >= 4 is 34.2 Å². The fourth-order valence-corrected chi connectivity index (χ4v) is 5.85. The molecule has 3 aliphatic heterocycles. The maximum atomic E-state index is 13.3. The van der Waals surface area contributed by atoms with E-state index in [4.69, 9.17) is 0 Å². The van der Waals surface area contributed by atoms with Crippen LogP contribution in [0.4, 0.5) is 17.1 Å². The quantitative estimate of drug-likeness (QED) is 0.213. The summed E-state index contributed by atoms with van der Waals surface area (Å²) < 4.78 is 0. The second-order valence-corrected chi connectivity index (χ2v) is 10.6. The van der Waals surface area contributed by atoms with Crippen LogP contribution in [0.1, 0.15) is 47.1 Å². The van der Waals surface area contributed by atoms with Gasteiger partial charge in [-0.3, -0.25) is 14.9 Å². The van der Waals surface area contributed by atoms with Gasteiger partial charge in [0, 0.05) is 35.6 Å². The Morgan fingerprint density at radius 2 is 1.82 bits per heavy atom. The number of anilines is 2. The van der Waals surface area contributed by atoms with Crippen molar-refractivity contribution in [3.05, 3.63) is 98.6 Å². The summed E-state index contributed by atoms with van der Waals surface area (Å²) in [6, 6.07) is 19.1. The summed E-state index contributed by atoms with van der Waals surface area (Å²) in [5.41, 5.74) is 7.69. The van der Waals surface area contributed by atoms with Crippen LogP contribution in [0.25, 0.3) is 11.3 Å². The molecule has 0 unspecified atom stereocenters. The third kappa shape index (κ3) is 5.44. The minimum Gasteiger partial charge on any atom is -0.354 e. The number of likely N-dealkylation sites (tertiary alicyclic amines) is 1. The van der Waals surface area contributed by atoms with E-state index < -0.39 is 4.92 Å². The SMILES string of the molecule is O=C1Nc2ccc([N+](=O)[O-])cc2/C1=C(/Nc1ccc2c(c1)CCNC2)c1ccc(CCCN2CCCC2)cc1. The summed E-state index contributed by atoms with van der Waals surface area (Å²) >= 11 is 0. The number of hydrogen-bond donors (Lipinski definition) is 3. The largest absolute Gasteiger partial charge is 0.354 e. The number of non-ortho nitro benzene ring substituents is 1. The molecule has 200 valence electrons. The summed E-state index contributed by atoms with van der Waals surface area (Å²) in [7, 11) is 0. The van der Waals surface area contributed by atoms with Crippen LogP contribution in [0.15, 0.2) is 60.7 Å². The topological polar surface area (TPSA) is 99.5 Å². The highest BCUT2D eigenvalue weighted by Gasteiger charge is 2.30. The molecule has 0 atom stereocenters. The Morgan fingerprint density at radius 3 is 2.62 bits per heavy atom. The van der Waals surface area contributed by atoms with E-state index in [-0.39, 0.29) is 11.6 Å². The van der Waals surface area contributed by atoms with Crippen molar-refractivity contribution in [3.8, 4) is 0 Å². The van der Waals surface area contributed by atoms with E-state index in [9.17, 15) is 14.9 Å². The zero-order chi connectivity index (χ0) is 26.8. The first-order valence-corrected chi connectivity index (χ1v) is 13.8.